The topological polar surface area (TPSA) is 43.8 Å². The van der Waals surface area contributed by atoms with Crippen LogP contribution in [0.1, 0.15) is 6.92 Å². The van der Waals surface area contributed by atoms with Gasteiger partial charge in [0.1, 0.15) is 0 Å². The molecule has 0 aliphatic rings. The largest absolute Gasteiger partial charge is 0.294 e. The summed E-state index contributed by atoms with van der Waals surface area (Å²) in [5.41, 5.74) is 0. The highest BCUT2D eigenvalue weighted by molar-refractivity contribution is 14.1. The van der Waals surface area contributed by atoms with Crippen molar-refractivity contribution < 1.29 is 10.0 Å². The molecule has 0 aliphatic heterocycles. The Bertz CT molecular complexity index is 95.3. The molecule has 0 spiro atoms. The van der Waals surface area contributed by atoms with E-state index in [-0.39, 0.29) is 5.91 Å². The Morgan fingerprint density at radius 1 is 1.75 bits per heavy atom. The van der Waals surface area contributed by atoms with Gasteiger partial charge in [-0.3, -0.25) is 10.0 Å². The molecule has 0 radical (unpaired) electrons. The monoisotopic (exact) mass is 230 g/mol. The summed E-state index contributed by atoms with van der Waals surface area (Å²) >= 11 is 1.68. The lowest BCUT2D eigenvalue weighted by Crippen LogP contribution is -2.31. The zero-order valence-corrected chi connectivity index (χ0v) is 6.79. The summed E-state index contributed by atoms with van der Waals surface area (Å²) in [6, 6.07) is 0. The highest BCUT2D eigenvalue weighted by Gasteiger charge is 2.05. The summed E-state index contributed by atoms with van der Waals surface area (Å²) in [7, 11) is 1.37. The molecule has 0 saturated heterocycles. The van der Waals surface area contributed by atoms with E-state index in [1.54, 1.807) is 22.9 Å². The maximum absolute atomic E-state index is 10.3. The van der Waals surface area contributed by atoms with E-state index in [4.69, 9.17) is 5.21 Å². The van der Waals surface area contributed by atoms with Gasteiger partial charge in [-0.2, -0.15) is 3.22 Å². The van der Waals surface area contributed by atoms with Crippen LogP contribution >= 0.6 is 22.9 Å². The van der Waals surface area contributed by atoms with Gasteiger partial charge >= 0.3 is 0 Å². The van der Waals surface area contributed by atoms with E-state index in [9.17, 15) is 4.79 Å². The van der Waals surface area contributed by atoms with Crippen molar-refractivity contribution in [2.45, 2.75) is 6.92 Å². The smallest absolute Gasteiger partial charge is 0.244 e. The van der Waals surface area contributed by atoms with Crippen molar-refractivity contribution in [2.75, 3.05) is 7.05 Å². The van der Waals surface area contributed by atoms with Gasteiger partial charge in [-0.25, -0.2) is 0 Å². The van der Waals surface area contributed by atoms with Crippen molar-refractivity contribution in [3.63, 3.8) is 0 Å². The minimum absolute atomic E-state index is 0.212. The van der Waals surface area contributed by atoms with E-state index in [1.807, 2.05) is 0 Å². The summed E-state index contributed by atoms with van der Waals surface area (Å²) in [6.45, 7) is 1.36. The molecule has 0 fully saturated rings. The molecule has 0 bridgehead atoms. The summed E-state index contributed by atoms with van der Waals surface area (Å²) in [5, 5.41) is 9.23. The van der Waals surface area contributed by atoms with Crippen molar-refractivity contribution in [1.82, 2.24) is 8.39 Å². The molecule has 0 aliphatic carbocycles. The van der Waals surface area contributed by atoms with Crippen LogP contribution in [-0.4, -0.2) is 26.6 Å². The Kier molecular flexibility index (Phi) is 3.25. The van der Waals surface area contributed by atoms with Gasteiger partial charge < -0.3 is 0 Å². The molecule has 0 saturated carbocycles. The zero-order valence-electron chi connectivity index (χ0n) is 4.63. The van der Waals surface area contributed by atoms with Crippen molar-refractivity contribution in [3.8, 4) is 0 Å². The quantitative estimate of drug-likeness (QED) is 0.403. The van der Waals surface area contributed by atoms with Crippen LogP contribution in [0.15, 0.2) is 0 Å². The number of hydrogen-bond donors (Lipinski definition) is 1. The molecule has 0 aromatic heterocycles. The van der Waals surface area contributed by atoms with Crippen LogP contribution in [0.4, 0.5) is 0 Å². The summed E-state index contributed by atoms with van der Waals surface area (Å²) in [6.07, 6.45) is 0. The third kappa shape index (κ3) is 2.43. The first-order valence-electron chi connectivity index (χ1n) is 1.94. The average molecular weight is 230 g/mol. The summed E-state index contributed by atoms with van der Waals surface area (Å²) < 4.78 is 1.05. The van der Waals surface area contributed by atoms with Gasteiger partial charge in [0.2, 0.25) is 5.91 Å². The van der Waals surface area contributed by atoms with Gasteiger partial charge in [-0.1, -0.05) is 5.17 Å². The molecular weight excluding hydrogens is 223 g/mol. The van der Waals surface area contributed by atoms with Crippen LogP contribution in [0.25, 0.3) is 0 Å². The second-order valence-electron chi connectivity index (χ2n) is 1.27. The third-order valence-electron chi connectivity index (χ3n) is 0.514. The average Bonchev–Trinajstić information content (AvgIpc) is 1.64. The van der Waals surface area contributed by atoms with Crippen LogP contribution in [0.2, 0.25) is 0 Å². The molecule has 0 heterocycles. The van der Waals surface area contributed by atoms with Crippen molar-refractivity contribution in [3.05, 3.63) is 0 Å². The molecule has 1 N–H and O–H groups in total. The van der Waals surface area contributed by atoms with E-state index in [2.05, 4.69) is 0 Å². The number of carbonyl (C=O) groups is 1. The number of rotatable bonds is 1. The molecule has 0 atom stereocenters. The van der Waals surface area contributed by atoms with Crippen LogP contribution < -0.4 is 0 Å². The second-order valence-corrected chi connectivity index (χ2v) is 2.18. The molecule has 8 heavy (non-hydrogen) atoms. The van der Waals surface area contributed by atoms with Gasteiger partial charge in [0.05, 0.1) is 22.9 Å². The first-order chi connectivity index (χ1) is 3.55. The fourth-order valence-corrected chi connectivity index (χ4v) is 0.204. The van der Waals surface area contributed by atoms with E-state index in [0.717, 1.165) is 3.22 Å². The number of amides is 1. The number of nitrogens with zero attached hydrogens (tertiary/aromatic N) is 2. The molecule has 5 heteroatoms. The number of hydrazine groups is 1. The Morgan fingerprint density at radius 2 is 2.12 bits per heavy atom. The zero-order chi connectivity index (χ0) is 6.73. The summed E-state index contributed by atoms with van der Waals surface area (Å²) in [5.74, 6) is -0.212. The Hall–Kier alpha value is 0.120. The van der Waals surface area contributed by atoms with Crippen molar-refractivity contribution >= 4 is 28.8 Å². The number of hydroxylamine groups is 1. The normalized spacial score (nSPS) is 9.62. The number of carbonyl (C=O) groups excluding carboxylic acids is 1. The van der Waals surface area contributed by atoms with E-state index in [1.165, 1.54) is 14.0 Å². The molecule has 4 nitrogen and oxygen atoms in total. The lowest BCUT2D eigenvalue weighted by Gasteiger charge is -2.16. The van der Waals surface area contributed by atoms with Crippen molar-refractivity contribution in [1.29, 1.82) is 0 Å². The number of halogens is 1. The lowest BCUT2D eigenvalue weighted by atomic mass is 10.8. The molecule has 0 unspecified atom stereocenters. The van der Waals surface area contributed by atoms with Crippen LogP contribution in [-0.2, 0) is 4.79 Å². The van der Waals surface area contributed by atoms with E-state index < -0.39 is 0 Å². The molecular formula is C3H7IN2O2. The molecule has 0 rings (SSSR count). The predicted molar refractivity (Wildman–Crippen MR) is 36.1 cm³/mol. The highest BCUT2D eigenvalue weighted by atomic mass is 127. The Balaban J connectivity index is 3.64. The summed E-state index contributed by atoms with van der Waals surface area (Å²) in [4.78, 5) is 10.3. The Labute approximate surface area is 61.5 Å². The van der Waals surface area contributed by atoms with Gasteiger partial charge in [0, 0.05) is 14.0 Å². The maximum atomic E-state index is 10.3. The SMILES string of the molecule is CC(=O)N(I)N(C)O. The van der Waals surface area contributed by atoms with Crippen LogP contribution in [0.5, 0.6) is 0 Å². The standard InChI is InChI=1S/C3H7IN2O2/c1-3(7)6(4)5(2)8/h8H,1-2H3. The lowest BCUT2D eigenvalue weighted by molar-refractivity contribution is -0.180. The van der Waals surface area contributed by atoms with E-state index >= 15 is 0 Å². The molecule has 48 valence electrons. The van der Waals surface area contributed by atoms with Crippen LogP contribution in [0, 0.1) is 0 Å². The highest BCUT2D eigenvalue weighted by Crippen LogP contribution is 1.99. The number of hydrogen-bond acceptors (Lipinski definition) is 3. The first kappa shape index (κ1) is 8.12. The third-order valence-corrected chi connectivity index (χ3v) is 1.82. The fourth-order valence-electron chi connectivity index (χ4n) is 0.204. The van der Waals surface area contributed by atoms with Gasteiger partial charge in [0.25, 0.3) is 0 Å². The minimum Gasteiger partial charge on any atom is -0.294 e. The van der Waals surface area contributed by atoms with Gasteiger partial charge in [0.15, 0.2) is 0 Å². The molecule has 0 aromatic rings. The molecule has 1 amide bonds. The van der Waals surface area contributed by atoms with E-state index in [0.29, 0.717) is 5.17 Å². The van der Waals surface area contributed by atoms with Crippen LogP contribution in [0.3, 0.4) is 0 Å². The fraction of sp³-hybridized carbons (Fsp3) is 0.667. The van der Waals surface area contributed by atoms with Gasteiger partial charge in [-0.05, 0) is 0 Å². The minimum atomic E-state index is -0.212. The first-order valence-corrected chi connectivity index (χ1v) is 2.91. The van der Waals surface area contributed by atoms with Crippen molar-refractivity contribution in [2.24, 2.45) is 0 Å². The van der Waals surface area contributed by atoms with Gasteiger partial charge in [-0.15, -0.1) is 0 Å². The Morgan fingerprint density at radius 3 is 2.12 bits per heavy atom. The predicted octanol–water partition coefficient (Wildman–Crippen LogP) is 0.421. The maximum Gasteiger partial charge on any atom is 0.244 e. The molecule has 0 aromatic carbocycles. The second kappa shape index (κ2) is 3.21.